The van der Waals surface area contributed by atoms with Gasteiger partial charge < -0.3 is 19.4 Å². The lowest BCUT2D eigenvalue weighted by molar-refractivity contribution is -0.114. The van der Waals surface area contributed by atoms with Gasteiger partial charge in [0.1, 0.15) is 17.6 Å². The van der Waals surface area contributed by atoms with Crippen LogP contribution >= 0.6 is 0 Å². The number of carbonyl (C=O) groups is 2. The fraction of sp³-hybridized carbons (Fsp3) is 0.212. The minimum Gasteiger partial charge on any atom is -0.443 e. The predicted octanol–water partition coefficient (Wildman–Crippen LogP) is 7.01. The van der Waals surface area contributed by atoms with Gasteiger partial charge in [-0.3, -0.25) is 9.69 Å². The quantitative estimate of drug-likeness (QED) is 0.207. The molecule has 234 valence electrons. The van der Waals surface area contributed by atoms with Gasteiger partial charge in [-0.25, -0.2) is 33.5 Å². The molecule has 0 fully saturated rings. The van der Waals surface area contributed by atoms with Crippen molar-refractivity contribution in [2.45, 2.75) is 39.8 Å². The Bertz CT molecular complexity index is 2050. The summed E-state index contributed by atoms with van der Waals surface area (Å²) in [6.07, 6.45) is 2.12. The number of carbonyl (C=O) groups excluding carboxylic acids is 2. The van der Waals surface area contributed by atoms with Gasteiger partial charge in [0.05, 0.1) is 17.6 Å². The number of fused-ring (bicyclic) bond motifs is 2. The Kier molecular flexibility index (Phi) is 7.47. The fourth-order valence-electron chi connectivity index (χ4n) is 5.29. The second-order valence-corrected chi connectivity index (χ2v) is 11.7. The summed E-state index contributed by atoms with van der Waals surface area (Å²) in [5.41, 5.74) is 3.12. The predicted molar refractivity (Wildman–Crippen MR) is 167 cm³/mol. The van der Waals surface area contributed by atoms with Crippen LogP contribution in [0.1, 0.15) is 32.0 Å². The number of benzene rings is 2. The third kappa shape index (κ3) is 5.51. The van der Waals surface area contributed by atoms with Gasteiger partial charge in [-0.15, -0.1) is 0 Å². The maximum absolute atomic E-state index is 16.6. The molecule has 6 rings (SSSR count). The number of hydrogen-bond donors (Lipinski definition) is 1. The van der Waals surface area contributed by atoms with Crippen LogP contribution in [-0.2, 0) is 23.1 Å². The maximum atomic E-state index is 16.6. The Morgan fingerprint density at radius 2 is 1.78 bits per heavy atom. The van der Waals surface area contributed by atoms with Crippen molar-refractivity contribution in [1.82, 2.24) is 24.5 Å². The molecule has 0 unspecified atom stereocenters. The van der Waals surface area contributed by atoms with E-state index in [1.165, 1.54) is 23.5 Å². The van der Waals surface area contributed by atoms with Crippen LogP contribution in [0.25, 0.3) is 33.4 Å². The molecule has 11 nitrogen and oxygen atoms in total. The summed E-state index contributed by atoms with van der Waals surface area (Å²) in [5.74, 6) is -2.68. The number of nitrogens with zero attached hydrogens (tertiary/aromatic N) is 6. The van der Waals surface area contributed by atoms with Gasteiger partial charge in [-0.2, -0.15) is 0 Å². The van der Waals surface area contributed by atoms with Crippen LogP contribution in [0.15, 0.2) is 67.4 Å². The van der Waals surface area contributed by atoms with Gasteiger partial charge >= 0.3 is 12.1 Å². The zero-order valence-electron chi connectivity index (χ0n) is 25.7. The van der Waals surface area contributed by atoms with Crippen molar-refractivity contribution in [2.24, 2.45) is 7.05 Å². The van der Waals surface area contributed by atoms with Crippen LogP contribution in [-0.4, -0.2) is 42.1 Å². The highest BCUT2D eigenvalue weighted by Crippen LogP contribution is 2.48. The van der Waals surface area contributed by atoms with Crippen molar-refractivity contribution in [3.8, 4) is 34.1 Å². The van der Waals surface area contributed by atoms with Gasteiger partial charge in [0.25, 0.3) is 5.91 Å². The number of amides is 2. The van der Waals surface area contributed by atoms with E-state index in [2.05, 4.69) is 31.8 Å². The summed E-state index contributed by atoms with van der Waals surface area (Å²) in [5, 5.41) is 2.94. The lowest BCUT2D eigenvalue weighted by atomic mass is 9.95. The highest BCUT2D eigenvalue weighted by molar-refractivity contribution is 6.12. The molecule has 1 aliphatic heterocycles. The van der Waals surface area contributed by atoms with E-state index in [1.54, 1.807) is 71.1 Å². The number of anilines is 2. The molecular formula is C33H29F2N7O4. The second kappa shape index (κ2) is 11.3. The molecule has 2 aromatic carbocycles. The Morgan fingerprint density at radius 3 is 2.46 bits per heavy atom. The second-order valence-electron chi connectivity index (χ2n) is 11.7. The highest BCUT2D eigenvalue weighted by Gasteiger charge is 2.36. The summed E-state index contributed by atoms with van der Waals surface area (Å²) in [6.45, 7) is 9.77. The first-order chi connectivity index (χ1) is 21.8. The summed E-state index contributed by atoms with van der Waals surface area (Å²) >= 11 is 0. The van der Waals surface area contributed by atoms with Crippen LogP contribution in [0.5, 0.6) is 11.8 Å². The Balaban J connectivity index is 1.58. The lowest BCUT2D eigenvalue weighted by Crippen LogP contribution is -2.37. The molecule has 0 spiro atoms. The largest absolute Gasteiger partial charge is 0.443 e. The molecule has 13 heteroatoms. The van der Waals surface area contributed by atoms with E-state index >= 15 is 4.39 Å². The molecule has 0 bridgehead atoms. The molecule has 1 N–H and O–H groups in total. The van der Waals surface area contributed by atoms with E-state index in [9.17, 15) is 14.0 Å². The maximum Gasteiger partial charge on any atom is 0.416 e. The molecule has 5 aromatic rings. The topological polar surface area (TPSA) is 124 Å². The Labute approximate surface area is 262 Å². The van der Waals surface area contributed by atoms with E-state index in [0.717, 1.165) is 0 Å². The van der Waals surface area contributed by atoms with Crippen molar-refractivity contribution < 1.29 is 27.8 Å². The average molecular weight is 626 g/mol. The molecule has 0 radical (unpaired) electrons. The summed E-state index contributed by atoms with van der Waals surface area (Å²) in [4.78, 5) is 44.1. The van der Waals surface area contributed by atoms with Gasteiger partial charge in [0.2, 0.25) is 0 Å². The highest BCUT2D eigenvalue weighted by atomic mass is 19.1. The normalized spacial score (nSPS) is 12.4. The first kappa shape index (κ1) is 30.3. The van der Waals surface area contributed by atoms with E-state index in [-0.39, 0.29) is 29.7 Å². The minimum absolute atomic E-state index is 0.0306. The number of aromatic nitrogens is 5. The molecule has 2 amide bonds. The minimum atomic E-state index is -1.12. The van der Waals surface area contributed by atoms with Crippen molar-refractivity contribution in [3.63, 3.8) is 0 Å². The number of aryl methyl sites for hydroxylation is 2. The van der Waals surface area contributed by atoms with Crippen LogP contribution in [0.3, 0.4) is 0 Å². The van der Waals surface area contributed by atoms with E-state index in [0.29, 0.717) is 44.8 Å². The van der Waals surface area contributed by atoms with Gasteiger partial charge in [-0.05, 0) is 63.1 Å². The van der Waals surface area contributed by atoms with Crippen molar-refractivity contribution in [2.75, 3.05) is 10.2 Å². The summed E-state index contributed by atoms with van der Waals surface area (Å²) in [6, 6.07) is 11.5. The van der Waals surface area contributed by atoms with E-state index in [1.807, 2.05) is 4.57 Å². The number of nitrogens with one attached hydrogen (secondary N) is 1. The molecule has 4 heterocycles. The van der Waals surface area contributed by atoms with Crippen LogP contribution < -0.4 is 15.0 Å². The molecule has 0 aliphatic carbocycles. The monoisotopic (exact) mass is 625 g/mol. The van der Waals surface area contributed by atoms with E-state index in [4.69, 9.17) is 9.47 Å². The zero-order chi connectivity index (χ0) is 32.9. The smallest absolute Gasteiger partial charge is 0.416 e. The van der Waals surface area contributed by atoms with Crippen LogP contribution in [0, 0.1) is 12.7 Å². The molecule has 1 aliphatic rings. The SMILES string of the molecule is C=C(F)C(=O)Nc1ccc(-c2c3c4c(ncnc4n2C)N(C(=O)OC(C)(C)C)Cc2c-3ccc(Oc3nccc(C)n3)c2F)cc1. The van der Waals surface area contributed by atoms with Crippen molar-refractivity contribution in [1.29, 1.82) is 0 Å². The molecule has 3 aromatic heterocycles. The Morgan fingerprint density at radius 1 is 1.04 bits per heavy atom. The standard InChI is InChI=1S/C33H29F2N7O4/c1-17-13-14-36-31(39-17)45-23-12-11-21-22(26(23)35)15-42(32(44)46-33(3,4)5)29-25-24(21)27(41(6)28(25)37-16-38-29)19-7-9-20(10-8-19)40-30(43)18(2)34/h7-14,16H,2,15H2,1,3-6H3,(H,40,43). The number of halogens is 2. The van der Waals surface area contributed by atoms with Gasteiger partial charge in [0.15, 0.2) is 23.2 Å². The molecule has 0 atom stereocenters. The molecule has 0 saturated heterocycles. The van der Waals surface area contributed by atoms with Crippen LogP contribution in [0.4, 0.5) is 25.1 Å². The lowest BCUT2D eigenvalue weighted by Gasteiger charge is -2.27. The molecular weight excluding hydrogens is 596 g/mol. The number of hydrogen-bond acceptors (Lipinski definition) is 8. The molecule has 0 saturated carbocycles. The fourth-order valence-corrected chi connectivity index (χ4v) is 5.29. The van der Waals surface area contributed by atoms with Crippen molar-refractivity contribution >= 4 is 34.5 Å². The summed E-state index contributed by atoms with van der Waals surface area (Å²) < 4.78 is 43.2. The van der Waals surface area contributed by atoms with E-state index < -0.39 is 29.2 Å². The van der Waals surface area contributed by atoms with Gasteiger partial charge in [0, 0.05) is 35.8 Å². The van der Waals surface area contributed by atoms with Gasteiger partial charge in [-0.1, -0.05) is 24.8 Å². The van der Waals surface area contributed by atoms with Crippen molar-refractivity contribution in [3.05, 3.63) is 84.5 Å². The number of ether oxygens (including phenoxy) is 2. The third-order valence-electron chi connectivity index (χ3n) is 7.25. The summed E-state index contributed by atoms with van der Waals surface area (Å²) in [7, 11) is 1.79. The van der Waals surface area contributed by atoms with Crippen LogP contribution in [0.2, 0.25) is 0 Å². The first-order valence-corrected chi connectivity index (χ1v) is 14.2. The Hall–Kier alpha value is -5.72. The molecule has 46 heavy (non-hydrogen) atoms. The average Bonchev–Trinajstić information content (AvgIpc) is 3.19. The zero-order valence-corrected chi connectivity index (χ0v) is 25.7. The first-order valence-electron chi connectivity index (χ1n) is 14.2. The third-order valence-corrected chi connectivity index (χ3v) is 7.25. The number of rotatable bonds is 5.